The van der Waals surface area contributed by atoms with Gasteiger partial charge >= 0.3 is 0 Å². The summed E-state index contributed by atoms with van der Waals surface area (Å²) in [5.41, 5.74) is 2.81. The fraction of sp³-hybridized carbons (Fsp3) is 0.125. The normalized spacial score (nSPS) is 11.7. The molecular weight excluding hydrogens is 284 g/mol. The Morgan fingerprint density at radius 2 is 1.76 bits per heavy atom. The molecule has 0 aliphatic rings. The third-order valence-corrected chi connectivity index (χ3v) is 4.59. The van der Waals surface area contributed by atoms with Crippen molar-refractivity contribution in [2.75, 3.05) is 11.6 Å². The van der Waals surface area contributed by atoms with Crippen LogP contribution in [0.3, 0.4) is 0 Å². The number of aromatic amines is 1. The molecular formula is C16H16N2O2S. The molecule has 0 bridgehead atoms. The van der Waals surface area contributed by atoms with Gasteiger partial charge in [0, 0.05) is 29.9 Å². The van der Waals surface area contributed by atoms with E-state index in [9.17, 15) is 8.42 Å². The second kappa shape index (κ2) is 5.26. The molecule has 3 aromatic rings. The first-order chi connectivity index (χ1) is 10.1. The van der Waals surface area contributed by atoms with Crippen molar-refractivity contribution < 1.29 is 8.42 Å². The average molecular weight is 300 g/mol. The van der Waals surface area contributed by atoms with E-state index in [1.807, 2.05) is 36.5 Å². The van der Waals surface area contributed by atoms with Crippen molar-refractivity contribution in [3.63, 3.8) is 0 Å². The van der Waals surface area contributed by atoms with Gasteiger partial charge in [-0.1, -0.05) is 30.3 Å². The van der Waals surface area contributed by atoms with Gasteiger partial charge in [0.05, 0.1) is 10.6 Å². The molecule has 0 amide bonds. The number of anilines is 1. The second-order valence-corrected chi connectivity index (χ2v) is 6.97. The van der Waals surface area contributed by atoms with Gasteiger partial charge in [0.15, 0.2) is 9.84 Å². The lowest BCUT2D eigenvalue weighted by Crippen LogP contribution is -2.05. The molecule has 0 unspecified atom stereocenters. The highest BCUT2D eigenvalue weighted by Crippen LogP contribution is 2.23. The summed E-state index contributed by atoms with van der Waals surface area (Å²) in [4.78, 5) is 3.53. The van der Waals surface area contributed by atoms with Gasteiger partial charge < -0.3 is 10.3 Å². The van der Waals surface area contributed by atoms with Crippen LogP contribution >= 0.6 is 0 Å². The smallest absolute Gasteiger partial charge is 0.177 e. The Bertz CT molecular complexity index is 882. The summed E-state index contributed by atoms with van der Waals surface area (Å²) >= 11 is 0. The maximum absolute atomic E-state index is 11.8. The molecule has 0 atom stereocenters. The van der Waals surface area contributed by atoms with Crippen LogP contribution < -0.4 is 5.32 Å². The first-order valence-corrected chi connectivity index (χ1v) is 8.53. The summed E-state index contributed by atoms with van der Waals surface area (Å²) in [6, 6.07) is 15.0. The molecule has 0 spiro atoms. The number of benzene rings is 2. The highest BCUT2D eigenvalue weighted by molar-refractivity contribution is 7.90. The predicted octanol–water partition coefficient (Wildman–Crippen LogP) is 3.18. The van der Waals surface area contributed by atoms with E-state index in [0.717, 1.165) is 16.5 Å². The lowest BCUT2D eigenvalue weighted by Gasteiger charge is -2.10. The summed E-state index contributed by atoms with van der Waals surface area (Å²) in [5.74, 6) is 0. The highest BCUT2D eigenvalue weighted by atomic mass is 32.2. The number of para-hydroxylation sites is 2. The highest BCUT2D eigenvalue weighted by Gasteiger charge is 2.12. The SMILES string of the molecule is CS(=O)(=O)c1ccccc1NCc1c[nH]c2ccccc12. The largest absolute Gasteiger partial charge is 0.380 e. The van der Waals surface area contributed by atoms with Crippen molar-refractivity contribution in [3.8, 4) is 0 Å². The predicted molar refractivity (Wildman–Crippen MR) is 85.2 cm³/mol. The minimum absolute atomic E-state index is 0.324. The molecule has 3 rings (SSSR count). The van der Waals surface area contributed by atoms with Crippen LogP contribution in [0, 0.1) is 0 Å². The molecule has 2 N–H and O–H groups in total. The Balaban J connectivity index is 1.89. The van der Waals surface area contributed by atoms with Crippen molar-refractivity contribution in [3.05, 3.63) is 60.3 Å². The van der Waals surface area contributed by atoms with E-state index < -0.39 is 9.84 Å². The van der Waals surface area contributed by atoms with Gasteiger partial charge in [0.1, 0.15) is 0 Å². The molecule has 1 aromatic heterocycles. The van der Waals surface area contributed by atoms with Crippen LogP contribution in [0.5, 0.6) is 0 Å². The topological polar surface area (TPSA) is 62.0 Å². The Kier molecular flexibility index (Phi) is 3.43. The van der Waals surface area contributed by atoms with E-state index >= 15 is 0 Å². The molecule has 2 aromatic carbocycles. The summed E-state index contributed by atoms with van der Waals surface area (Å²) in [5, 5.41) is 4.36. The van der Waals surface area contributed by atoms with E-state index in [1.165, 1.54) is 6.26 Å². The van der Waals surface area contributed by atoms with Crippen molar-refractivity contribution in [1.82, 2.24) is 4.98 Å². The average Bonchev–Trinajstić information content (AvgIpc) is 2.88. The van der Waals surface area contributed by atoms with Crippen LogP contribution in [0.1, 0.15) is 5.56 Å². The summed E-state index contributed by atoms with van der Waals surface area (Å²) in [7, 11) is -3.24. The fourth-order valence-corrected chi connectivity index (χ4v) is 3.27. The first kappa shape index (κ1) is 13.7. The fourth-order valence-electron chi connectivity index (χ4n) is 2.40. The number of hydrogen-bond donors (Lipinski definition) is 2. The Morgan fingerprint density at radius 3 is 2.57 bits per heavy atom. The van der Waals surface area contributed by atoms with E-state index in [2.05, 4.69) is 10.3 Å². The molecule has 0 saturated carbocycles. The number of fused-ring (bicyclic) bond motifs is 1. The molecule has 1 heterocycles. The van der Waals surface area contributed by atoms with E-state index in [1.54, 1.807) is 18.2 Å². The van der Waals surface area contributed by atoms with E-state index in [4.69, 9.17) is 0 Å². The Morgan fingerprint density at radius 1 is 1.05 bits per heavy atom. The van der Waals surface area contributed by atoms with Gasteiger partial charge in [-0.3, -0.25) is 0 Å². The number of hydrogen-bond acceptors (Lipinski definition) is 3. The lowest BCUT2D eigenvalue weighted by atomic mass is 10.2. The zero-order valence-electron chi connectivity index (χ0n) is 11.6. The maximum Gasteiger partial charge on any atom is 0.177 e. The minimum Gasteiger partial charge on any atom is -0.380 e. The first-order valence-electron chi connectivity index (χ1n) is 6.63. The molecule has 0 aliphatic heterocycles. The maximum atomic E-state index is 11.8. The molecule has 0 saturated heterocycles. The standard InChI is InChI=1S/C16H16N2O2S/c1-21(19,20)16-9-5-4-8-15(16)18-11-12-10-17-14-7-3-2-6-13(12)14/h2-10,17-18H,11H2,1H3. The lowest BCUT2D eigenvalue weighted by molar-refractivity contribution is 0.602. The van der Waals surface area contributed by atoms with Crippen LogP contribution in [0.15, 0.2) is 59.6 Å². The summed E-state index contributed by atoms with van der Waals surface area (Å²) < 4.78 is 23.6. The monoisotopic (exact) mass is 300 g/mol. The van der Waals surface area contributed by atoms with Crippen LogP contribution in [0.25, 0.3) is 10.9 Å². The number of rotatable bonds is 4. The van der Waals surface area contributed by atoms with Crippen LogP contribution in [-0.4, -0.2) is 19.7 Å². The third-order valence-electron chi connectivity index (χ3n) is 3.43. The van der Waals surface area contributed by atoms with Crippen LogP contribution in [0.2, 0.25) is 0 Å². The number of H-pyrrole nitrogens is 1. The third kappa shape index (κ3) is 2.78. The zero-order chi connectivity index (χ0) is 14.9. The van der Waals surface area contributed by atoms with Gasteiger partial charge in [-0.15, -0.1) is 0 Å². The minimum atomic E-state index is -3.24. The van der Waals surface area contributed by atoms with Crippen molar-refractivity contribution in [2.24, 2.45) is 0 Å². The van der Waals surface area contributed by atoms with E-state index in [0.29, 0.717) is 17.1 Å². The van der Waals surface area contributed by atoms with Crippen LogP contribution in [-0.2, 0) is 16.4 Å². The molecule has 108 valence electrons. The van der Waals surface area contributed by atoms with Gasteiger partial charge in [0.2, 0.25) is 0 Å². The van der Waals surface area contributed by atoms with Gasteiger partial charge in [-0.2, -0.15) is 0 Å². The number of aromatic nitrogens is 1. The quantitative estimate of drug-likeness (QED) is 0.778. The molecule has 0 radical (unpaired) electrons. The van der Waals surface area contributed by atoms with E-state index in [-0.39, 0.29) is 0 Å². The number of sulfone groups is 1. The second-order valence-electron chi connectivity index (χ2n) is 4.98. The molecule has 0 aliphatic carbocycles. The van der Waals surface area contributed by atoms with Gasteiger partial charge in [0.25, 0.3) is 0 Å². The number of nitrogens with one attached hydrogen (secondary N) is 2. The zero-order valence-corrected chi connectivity index (χ0v) is 12.4. The molecule has 4 nitrogen and oxygen atoms in total. The van der Waals surface area contributed by atoms with Crippen LogP contribution in [0.4, 0.5) is 5.69 Å². The molecule has 5 heteroatoms. The Hall–Kier alpha value is -2.27. The summed E-state index contributed by atoms with van der Waals surface area (Å²) in [6.07, 6.45) is 3.17. The van der Waals surface area contributed by atoms with Crippen molar-refractivity contribution in [1.29, 1.82) is 0 Å². The molecule has 21 heavy (non-hydrogen) atoms. The van der Waals surface area contributed by atoms with Gasteiger partial charge in [-0.25, -0.2) is 8.42 Å². The Labute approximate surface area is 123 Å². The van der Waals surface area contributed by atoms with Crippen molar-refractivity contribution >= 4 is 26.4 Å². The molecule has 0 fully saturated rings. The van der Waals surface area contributed by atoms with Crippen molar-refractivity contribution in [2.45, 2.75) is 11.4 Å². The summed E-state index contributed by atoms with van der Waals surface area (Å²) in [6.45, 7) is 0.566. The van der Waals surface area contributed by atoms with Gasteiger partial charge in [-0.05, 0) is 23.8 Å².